The van der Waals surface area contributed by atoms with Gasteiger partial charge in [-0.25, -0.2) is 9.18 Å². The average molecular weight is 484 g/mol. The van der Waals surface area contributed by atoms with Crippen molar-refractivity contribution in [1.29, 1.82) is 0 Å². The standard InChI is InChI=1S/C23H18ClF4NO4/c1-11-7-15(10-29-20(11)30)22(33,23(26,27)28)12(2)16-5-3-14(9-18(16)24)13-4-6-19(25)17(8-13)21(31)32/h3-10,12,33H,1-2H3,(H,29,30)(H,31,32). The van der Waals surface area contributed by atoms with Gasteiger partial charge in [-0.1, -0.05) is 36.7 Å². The van der Waals surface area contributed by atoms with Crippen LogP contribution in [0.1, 0.15) is 39.9 Å². The number of nitrogens with one attached hydrogen (secondary N) is 1. The van der Waals surface area contributed by atoms with Crippen LogP contribution >= 0.6 is 11.6 Å². The monoisotopic (exact) mass is 483 g/mol. The average Bonchev–Trinajstić information content (AvgIpc) is 2.73. The first-order chi connectivity index (χ1) is 15.3. The van der Waals surface area contributed by atoms with E-state index < -0.39 is 46.2 Å². The molecule has 10 heteroatoms. The summed E-state index contributed by atoms with van der Waals surface area (Å²) in [7, 11) is 0. The number of carbonyl (C=O) groups is 1. The number of benzene rings is 2. The molecule has 174 valence electrons. The molecule has 0 radical (unpaired) electrons. The van der Waals surface area contributed by atoms with E-state index in [-0.39, 0.29) is 21.7 Å². The zero-order valence-electron chi connectivity index (χ0n) is 17.3. The maximum absolute atomic E-state index is 14.1. The molecule has 2 aromatic carbocycles. The summed E-state index contributed by atoms with van der Waals surface area (Å²) in [6.07, 6.45) is -4.31. The molecule has 0 aliphatic rings. The Morgan fingerprint density at radius 1 is 1.09 bits per heavy atom. The number of alkyl halides is 3. The molecular weight excluding hydrogens is 466 g/mol. The Balaban J connectivity index is 2.10. The van der Waals surface area contributed by atoms with Crippen LogP contribution in [0.5, 0.6) is 0 Å². The molecule has 0 saturated heterocycles. The lowest BCUT2D eigenvalue weighted by molar-refractivity contribution is -0.274. The van der Waals surface area contributed by atoms with Gasteiger partial charge in [0.05, 0.1) is 5.56 Å². The molecule has 1 heterocycles. The van der Waals surface area contributed by atoms with Crippen LogP contribution in [-0.4, -0.2) is 27.3 Å². The third-order valence-electron chi connectivity index (χ3n) is 5.58. The largest absolute Gasteiger partial charge is 0.478 e. The summed E-state index contributed by atoms with van der Waals surface area (Å²) in [4.78, 5) is 25.0. The highest BCUT2D eigenvalue weighted by Crippen LogP contribution is 2.49. The zero-order chi connectivity index (χ0) is 24.7. The first-order valence-corrected chi connectivity index (χ1v) is 9.96. The molecule has 3 N–H and O–H groups in total. The van der Waals surface area contributed by atoms with E-state index >= 15 is 0 Å². The first-order valence-electron chi connectivity index (χ1n) is 9.59. The topological polar surface area (TPSA) is 90.4 Å². The summed E-state index contributed by atoms with van der Waals surface area (Å²) in [5.41, 5.74) is -4.49. The molecule has 0 bridgehead atoms. The van der Waals surface area contributed by atoms with Crippen molar-refractivity contribution in [2.75, 3.05) is 0 Å². The lowest BCUT2D eigenvalue weighted by Crippen LogP contribution is -2.47. The Morgan fingerprint density at radius 3 is 2.24 bits per heavy atom. The normalized spacial score (nSPS) is 14.5. The molecule has 0 fully saturated rings. The number of pyridine rings is 1. The number of aromatic carboxylic acids is 1. The number of rotatable bonds is 5. The van der Waals surface area contributed by atoms with Gasteiger partial charge in [0.25, 0.3) is 5.56 Å². The molecule has 2 unspecified atom stereocenters. The van der Waals surface area contributed by atoms with E-state index in [1.807, 2.05) is 0 Å². The van der Waals surface area contributed by atoms with Crippen LogP contribution in [-0.2, 0) is 5.60 Å². The van der Waals surface area contributed by atoms with E-state index in [0.717, 1.165) is 31.3 Å². The van der Waals surface area contributed by atoms with E-state index in [1.54, 1.807) is 0 Å². The Hall–Kier alpha value is -3.17. The smallest absolute Gasteiger partial charge is 0.422 e. The molecule has 1 aromatic heterocycles. The number of hydrogen-bond donors (Lipinski definition) is 3. The summed E-state index contributed by atoms with van der Waals surface area (Å²) in [5, 5.41) is 19.9. The quantitative estimate of drug-likeness (QED) is 0.424. The lowest BCUT2D eigenvalue weighted by atomic mass is 9.77. The van der Waals surface area contributed by atoms with Gasteiger partial charge in [0.1, 0.15) is 5.82 Å². The van der Waals surface area contributed by atoms with Crippen LogP contribution in [0, 0.1) is 12.7 Å². The van der Waals surface area contributed by atoms with E-state index in [1.165, 1.54) is 31.2 Å². The lowest BCUT2D eigenvalue weighted by Gasteiger charge is -2.37. The highest BCUT2D eigenvalue weighted by Gasteiger charge is 2.59. The van der Waals surface area contributed by atoms with Gasteiger partial charge in [-0.3, -0.25) is 4.79 Å². The van der Waals surface area contributed by atoms with Gasteiger partial charge in [0.2, 0.25) is 0 Å². The maximum atomic E-state index is 14.1. The predicted molar refractivity (Wildman–Crippen MR) is 114 cm³/mol. The highest BCUT2D eigenvalue weighted by atomic mass is 35.5. The Kier molecular flexibility index (Phi) is 6.41. The summed E-state index contributed by atoms with van der Waals surface area (Å²) in [6, 6.07) is 8.31. The number of carboxylic acids is 1. The minimum absolute atomic E-state index is 0.00522. The van der Waals surface area contributed by atoms with Crippen LogP contribution in [0.2, 0.25) is 5.02 Å². The number of hydrogen-bond acceptors (Lipinski definition) is 3. The second-order valence-electron chi connectivity index (χ2n) is 7.62. The van der Waals surface area contributed by atoms with Crippen LogP contribution in [0.25, 0.3) is 11.1 Å². The summed E-state index contributed by atoms with van der Waals surface area (Å²) >= 11 is 6.28. The van der Waals surface area contributed by atoms with Crippen LogP contribution in [0.15, 0.2) is 53.5 Å². The number of aliphatic hydroxyl groups is 1. The third kappa shape index (κ3) is 4.38. The molecule has 0 aliphatic carbocycles. The highest BCUT2D eigenvalue weighted by molar-refractivity contribution is 6.31. The van der Waals surface area contributed by atoms with Gasteiger partial charge >= 0.3 is 12.1 Å². The second-order valence-corrected chi connectivity index (χ2v) is 8.03. The van der Waals surface area contributed by atoms with Crippen molar-refractivity contribution in [3.05, 3.63) is 92.1 Å². The van der Waals surface area contributed by atoms with E-state index in [4.69, 9.17) is 16.7 Å². The van der Waals surface area contributed by atoms with E-state index in [2.05, 4.69) is 4.98 Å². The van der Waals surface area contributed by atoms with Gasteiger partial charge in [0, 0.05) is 28.3 Å². The third-order valence-corrected chi connectivity index (χ3v) is 5.91. The van der Waals surface area contributed by atoms with Gasteiger partial charge in [-0.15, -0.1) is 0 Å². The van der Waals surface area contributed by atoms with E-state index in [9.17, 15) is 32.3 Å². The van der Waals surface area contributed by atoms with Gasteiger partial charge in [-0.05, 0) is 47.9 Å². The summed E-state index contributed by atoms with van der Waals surface area (Å²) in [6.45, 7) is 2.47. The first kappa shape index (κ1) is 24.5. The van der Waals surface area contributed by atoms with Gasteiger partial charge in [0.15, 0.2) is 5.60 Å². The molecular formula is C23H18ClF4NO4. The van der Waals surface area contributed by atoms with Crippen LogP contribution < -0.4 is 5.56 Å². The maximum Gasteiger partial charge on any atom is 0.422 e. The van der Waals surface area contributed by atoms with Crippen molar-refractivity contribution in [3.8, 4) is 11.1 Å². The minimum Gasteiger partial charge on any atom is -0.478 e. The fourth-order valence-electron chi connectivity index (χ4n) is 3.63. The molecule has 5 nitrogen and oxygen atoms in total. The molecule has 3 rings (SSSR count). The molecule has 33 heavy (non-hydrogen) atoms. The number of aromatic nitrogens is 1. The van der Waals surface area contributed by atoms with Crippen molar-refractivity contribution < 1.29 is 32.6 Å². The number of H-pyrrole nitrogens is 1. The van der Waals surface area contributed by atoms with Gasteiger partial charge < -0.3 is 15.2 Å². The number of aryl methyl sites for hydroxylation is 1. The fraction of sp³-hybridized carbons (Fsp3) is 0.217. The number of halogens is 5. The number of aromatic amines is 1. The molecule has 0 amide bonds. The fourth-order valence-corrected chi connectivity index (χ4v) is 3.97. The minimum atomic E-state index is -5.12. The Bertz CT molecular complexity index is 1290. The number of carboxylic acid groups (broad SMARTS) is 1. The SMILES string of the molecule is Cc1cc(C(O)(C(C)c2ccc(-c3ccc(F)c(C(=O)O)c3)cc2Cl)C(F)(F)F)c[nH]c1=O. The van der Waals surface area contributed by atoms with Crippen LogP contribution in [0.3, 0.4) is 0 Å². The van der Waals surface area contributed by atoms with Crippen LogP contribution in [0.4, 0.5) is 17.6 Å². The zero-order valence-corrected chi connectivity index (χ0v) is 18.1. The molecule has 0 spiro atoms. The molecule has 3 aromatic rings. The van der Waals surface area contributed by atoms with E-state index in [0.29, 0.717) is 5.56 Å². The second kappa shape index (κ2) is 8.64. The van der Waals surface area contributed by atoms with Crippen molar-refractivity contribution in [1.82, 2.24) is 4.98 Å². The van der Waals surface area contributed by atoms with Crippen molar-refractivity contribution in [3.63, 3.8) is 0 Å². The predicted octanol–water partition coefficient (Wildman–Crippen LogP) is 5.39. The Morgan fingerprint density at radius 2 is 1.70 bits per heavy atom. The summed E-state index contributed by atoms with van der Waals surface area (Å²) < 4.78 is 56.0. The van der Waals surface area contributed by atoms with Crippen molar-refractivity contribution >= 4 is 17.6 Å². The molecule has 2 atom stereocenters. The van der Waals surface area contributed by atoms with Crippen molar-refractivity contribution in [2.45, 2.75) is 31.5 Å². The Labute approximate surface area is 190 Å². The molecule has 0 saturated carbocycles. The van der Waals surface area contributed by atoms with Gasteiger partial charge in [-0.2, -0.15) is 13.2 Å². The molecule has 0 aliphatic heterocycles. The summed E-state index contributed by atoms with van der Waals surface area (Å²) in [5.74, 6) is -4.00. The van der Waals surface area contributed by atoms with Crippen molar-refractivity contribution in [2.24, 2.45) is 0 Å².